The second kappa shape index (κ2) is 5.70. The highest BCUT2D eigenvalue weighted by Crippen LogP contribution is 2.48. The fraction of sp³-hybridized carbons (Fsp3) is 0.562. The second-order valence-corrected chi connectivity index (χ2v) is 6.63. The van der Waals surface area contributed by atoms with Gasteiger partial charge in [0, 0.05) is 17.3 Å². The fourth-order valence-corrected chi connectivity index (χ4v) is 3.32. The van der Waals surface area contributed by atoms with Gasteiger partial charge in [0.1, 0.15) is 5.76 Å². The lowest BCUT2D eigenvalue weighted by Gasteiger charge is -2.09. The molecule has 2 heterocycles. The highest BCUT2D eigenvalue weighted by Gasteiger charge is 2.36. The lowest BCUT2D eigenvalue weighted by atomic mass is 10.2. The summed E-state index contributed by atoms with van der Waals surface area (Å²) in [6.45, 7) is 7.64. The van der Waals surface area contributed by atoms with Gasteiger partial charge in [0.25, 0.3) is 0 Å². The van der Waals surface area contributed by atoms with Crippen molar-refractivity contribution in [1.29, 1.82) is 0 Å². The van der Waals surface area contributed by atoms with Gasteiger partial charge in [0.05, 0.1) is 5.69 Å². The van der Waals surface area contributed by atoms with Gasteiger partial charge in [-0.3, -0.25) is 0 Å². The van der Waals surface area contributed by atoms with Crippen molar-refractivity contribution >= 4 is 11.3 Å². The molecule has 0 bridgehead atoms. The average molecular weight is 290 g/mol. The lowest BCUT2D eigenvalue weighted by molar-refractivity contribution is 0.517. The predicted octanol–water partition coefficient (Wildman–Crippen LogP) is 4.59. The molecule has 108 valence electrons. The van der Waals surface area contributed by atoms with Crippen molar-refractivity contribution in [3.63, 3.8) is 0 Å². The summed E-state index contributed by atoms with van der Waals surface area (Å²) >= 11 is 1.67. The van der Waals surface area contributed by atoms with Gasteiger partial charge in [-0.05, 0) is 44.4 Å². The Morgan fingerprint density at radius 2 is 2.30 bits per heavy atom. The van der Waals surface area contributed by atoms with Crippen molar-refractivity contribution in [3.8, 4) is 10.8 Å². The summed E-state index contributed by atoms with van der Waals surface area (Å²) in [5.41, 5.74) is 1.11. The van der Waals surface area contributed by atoms with Crippen LogP contribution in [0.2, 0.25) is 0 Å². The zero-order valence-corrected chi connectivity index (χ0v) is 13.2. The first-order valence-corrected chi connectivity index (χ1v) is 8.36. The maximum atomic E-state index is 5.97. The molecule has 1 saturated carbocycles. The van der Waals surface area contributed by atoms with Crippen LogP contribution in [-0.4, -0.2) is 11.5 Å². The Morgan fingerprint density at radius 1 is 1.50 bits per heavy atom. The molecule has 4 heteroatoms. The van der Waals surface area contributed by atoms with E-state index in [4.69, 9.17) is 9.40 Å². The van der Waals surface area contributed by atoms with E-state index >= 15 is 0 Å². The van der Waals surface area contributed by atoms with E-state index in [1.807, 2.05) is 0 Å². The minimum Gasteiger partial charge on any atom is -0.458 e. The van der Waals surface area contributed by atoms with Gasteiger partial charge in [-0.25, -0.2) is 4.98 Å². The molecule has 3 rings (SSSR count). The van der Waals surface area contributed by atoms with Crippen LogP contribution in [-0.2, 0) is 0 Å². The van der Waals surface area contributed by atoms with E-state index in [2.05, 4.69) is 43.6 Å². The standard InChI is InChI=1S/C16H22N2OS/c1-4-7-17-11(3)13-9-20-16(18-13)15-6-5-14(19-15)12-8-10(12)2/h5-6,9-12,17H,4,7-8H2,1-3H3. The van der Waals surface area contributed by atoms with E-state index in [0.717, 1.165) is 41.1 Å². The molecule has 0 aliphatic heterocycles. The number of nitrogens with one attached hydrogen (secondary N) is 1. The summed E-state index contributed by atoms with van der Waals surface area (Å²) in [5.74, 6) is 3.45. The van der Waals surface area contributed by atoms with Crippen molar-refractivity contribution in [2.75, 3.05) is 6.54 Å². The van der Waals surface area contributed by atoms with Gasteiger partial charge < -0.3 is 9.73 Å². The normalized spacial score (nSPS) is 22.9. The number of nitrogens with zero attached hydrogens (tertiary/aromatic N) is 1. The first kappa shape index (κ1) is 13.8. The van der Waals surface area contributed by atoms with Gasteiger partial charge >= 0.3 is 0 Å². The molecule has 2 aromatic heterocycles. The van der Waals surface area contributed by atoms with Crippen LogP contribution in [0, 0.1) is 5.92 Å². The Hall–Kier alpha value is -1.13. The average Bonchev–Trinajstić information content (AvgIpc) is 2.91. The Kier molecular flexibility index (Phi) is 3.94. The highest BCUT2D eigenvalue weighted by atomic mass is 32.1. The zero-order chi connectivity index (χ0) is 14.1. The molecule has 0 aromatic carbocycles. The molecular weight excluding hydrogens is 268 g/mol. The predicted molar refractivity (Wildman–Crippen MR) is 83.0 cm³/mol. The van der Waals surface area contributed by atoms with Gasteiger partial charge in [-0.1, -0.05) is 13.8 Å². The molecule has 0 amide bonds. The number of aromatic nitrogens is 1. The molecule has 1 fully saturated rings. The summed E-state index contributed by atoms with van der Waals surface area (Å²) in [6.07, 6.45) is 2.40. The largest absolute Gasteiger partial charge is 0.458 e. The number of hydrogen-bond acceptors (Lipinski definition) is 4. The molecule has 3 unspecified atom stereocenters. The first-order chi connectivity index (χ1) is 9.69. The first-order valence-electron chi connectivity index (χ1n) is 7.48. The number of thiazole rings is 1. The molecule has 0 spiro atoms. The Morgan fingerprint density at radius 3 is 3.00 bits per heavy atom. The summed E-state index contributed by atoms with van der Waals surface area (Å²) in [4.78, 5) is 4.71. The minimum atomic E-state index is 0.304. The monoisotopic (exact) mass is 290 g/mol. The van der Waals surface area contributed by atoms with Gasteiger partial charge in [-0.15, -0.1) is 11.3 Å². The van der Waals surface area contributed by atoms with Crippen molar-refractivity contribution in [3.05, 3.63) is 29.0 Å². The molecule has 0 radical (unpaired) electrons. The van der Waals surface area contributed by atoms with E-state index in [1.165, 1.54) is 6.42 Å². The minimum absolute atomic E-state index is 0.304. The summed E-state index contributed by atoms with van der Waals surface area (Å²) in [5, 5.41) is 6.59. The lowest BCUT2D eigenvalue weighted by Crippen LogP contribution is -2.19. The van der Waals surface area contributed by atoms with Crippen LogP contribution in [0.25, 0.3) is 10.8 Å². The third kappa shape index (κ3) is 2.81. The molecule has 3 nitrogen and oxygen atoms in total. The summed E-state index contributed by atoms with van der Waals surface area (Å²) in [6, 6.07) is 4.48. The molecule has 1 N–H and O–H groups in total. The molecular formula is C16H22N2OS. The van der Waals surface area contributed by atoms with E-state index in [0.29, 0.717) is 12.0 Å². The van der Waals surface area contributed by atoms with Crippen molar-refractivity contribution in [2.24, 2.45) is 5.92 Å². The Balaban J connectivity index is 1.71. The summed E-state index contributed by atoms with van der Waals surface area (Å²) in [7, 11) is 0. The molecule has 20 heavy (non-hydrogen) atoms. The molecule has 3 atom stereocenters. The quantitative estimate of drug-likeness (QED) is 0.845. The van der Waals surface area contributed by atoms with E-state index in [1.54, 1.807) is 11.3 Å². The van der Waals surface area contributed by atoms with E-state index < -0.39 is 0 Å². The van der Waals surface area contributed by atoms with Crippen LogP contribution in [0.5, 0.6) is 0 Å². The number of furan rings is 1. The van der Waals surface area contributed by atoms with Gasteiger partial charge in [0.2, 0.25) is 0 Å². The maximum Gasteiger partial charge on any atom is 0.162 e. The van der Waals surface area contributed by atoms with Crippen LogP contribution in [0.15, 0.2) is 21.9 Å². The van der Waals surface area contributed by atoms with Gasteiger partial charge in [0.15, 0.2) is 10.8 Å². The Bertz CT molecular complexity index is 575. The maximum absolute atomic E-state index is 5.97. The smallest absolute Gasteiger partial charge is 0.162 e. The second-order valence-electron chi connectivity index (χ2n) is 5.77. The zero-order valence-electron chi connectivity index (χ0n) is 12.3. The van der Waals surface area contributed by atoms with Gasteiger partial charge in [-0.2, -0.15) is 0 Å². The fourth-order valence-electron chi connectivity index (χ4n) is 2.45. The van der Waals surface area contributed by atoms with Crippen molar-refractivity contribution < 1.29 is 4.42 Å². The van der Waals surface area contributed by atoms with Crippen LogP contribution in [0.3, 0.4) is 0 Å². The Labute approximate surface area is 124 Å². The van der Waals surface area contributed by atoms with Crippen LogP contribution >= 0.6 is 11.3 Å². The highest BCUT2D eigenvalue weighted by molar-refractivity contribution is 7.13. The van der Waals surface area contributed by atoms with Crippen LogP contribution in [0.1, 0.15) is 57.0 Å². The van der Waals surface area contributed by atoms with Crippen LogP contribution < -0.4 is 5.32 Å². The van der Waals surface area contributed by atoms with E-state index in [-0.39, 0.29) is 0 Å². The third-order valence-electron chi connectivity index (χ3n) is 3.98. The van der Waals surface area contributed by atoms with E-state index in [9.17, 15) is 0 Å². The summed E-state index contributed by atoms with van der Waals surface area (Å²) < 4.78 is 5.97. The topological polar surface area (TPSA) is 38.1 Å². The molecule has 1 aliphatic rings. The molecule has 1 aliphatic carbocycles. The van der Waals surface area contributed by atoms with Crippen LogP contribution in [0.4, 0.5) is 0 Å². The van der Waals surface area contributed by atoms with Crippen molar-refractivity contribution in [1.82, 2.24) is 10.3 Å². The number of hydrogen-bond donors (Lipinski definition) is 1. The number of rotatable bonds is 6. The third-order valence-corrected chi connectivity index (χ3v) is 4.85. The van der Waals surface area contributed by atoms with Crippen molar-refractivity contribution in [2.45, 2.75) is 45.6 Å². The molecule has 2 aromatic rings. The molecule has 0 saturated heterocycles. The SMILES string of the molecule is CCCNC(C)c1csc(-c2ccc(C3CC3C)o2)n1.